The summed E-state index contributed by atoms with van der Waals surface area (Å²) < 4.78 is 0. The van der Waals surface area contributed by atoms with Crippen LogP contribution in [0.25, 0.3) is 10.8 Å². The molecule has 1 saturated heterocycles. The molecule has 3 heteroatoms. The average Bonchev–Trinajstić information content (AvgIpc) is 2.64. The van der Waals surface area contributed by atoms with Crippen molar-refractivity contribution in [3.63, 3.8) is 0 Å². The minimum absolute atomic E-state index is 0.400. The van der Waals surface area contributed by atoms with E-state index in [4.69, 9.17) is 0 Å². The molecule has 0 amide bonds. The van der Waals surface area contributed by atoms with E-state index >= 15 is 0 Å². The lowest BCUT2D eigenvalue weighted by molar-refractivity contribution is 0.219. The third-order valence-corrected chi connectivity index (χ3v) is 5.44. The Hall–Kier alpha value is -2.52. The molecular formula is C23H26N2O. The molecule has 0 spiro atoms. The van der Waals surface area contributed by atoms with Crippen LogP contribution in [0.15, 0.2) is 60.7 Å². The number of piperazine rings is 1. The van der Waals surface area contributed by atoms with Crippen molar-refractivity contribution in [3.05, 3.63) is 71.8 Å². The molecule has 1 aliphatic heterocycles. The number of benzene rings is 3. The zero-order chi connectivity index (χ0) is 18.1. The van der Waals surface area contributed by atoms with E-state index in [1.165, 1.54) is 16.6 Å². The van der Waals surface area contributed by atoms with E-state index < -0.39 is 0 Å². The van der Waals surface area contributed by atoms with Crippen LogP contribution in [0.2, 0.25) is 0 Å². The van der Waals surface area contributed by atoms with Crippen LogP contribution in [0.1, 0.15) is 18.1 Å². The maximum Gasteiger partial charge on any atom is 0.120 e. The molecule has 0 saturated carbocycles. The third kappa shape index (κ3) is 3.27. The highest BCUT2D eigenvalue weighted by molar-refractivity contribution is 5.87. The number of phenolic OH excluding ortho intramolecular Hbond substituents is 1. The summed E-state index contributed by atoms with van der Waals surface area (Å²) in [5, 5.41) is 12.8. The van der Waals surface area contributed by atoms with Crippen molar-refractivity contribution in [3.8, 4) is 5.75 Å². The number of anilines is 1. The molecule has 26 heavy (non-hydrogen) atoms. The number of rotatable bonds is 3. The van der Waals surface area contributed by atoms with E-state index in [0.717, 1.165) is 37.1 Å². The van der Waals surface area contributed by atoms with Gasteiger partial charge in [0.15, 0.2) is 0 Å². The highest BCUT2D eigenvalue weighted by atomic mass is 16.3. The van der Waals surface area contributed by atoms with E-state index in [9.17, 15) is 5.11 Å². The molecule has 134 valence electrons. The van der Waals surface area contributed by atoms with Gasteiger partial charge in [-0.3, -0.25) is 4.90 Å². The molecule has 4 rings (SSSR count). The number of hydrogen-bond donors (Lipinski definition) is 1. The summed E-state index contributed by atoms with van der Waals surface area (Å²) in [7, 11) is 0. The molecule has 3 aromatic carbocycles. The molecule has 1 heterocycles. The zero-order valence-electron chi connectivity index (χ0n) is 15.5. The summed E-state index contributed by atoms with van der Waals surface area (Å²) in [4.78, 5) is 4.95. The molecule has 0 aromatic heterocycles. The highest BCUT2D eigenvalue weighted by Gasteiger charge is 2.25. The second-order valence-corrected chi connectivity index (χ2v) is 7.40. The number of fused-ring (bicyclic) bond motifs is 1. The Morgan fingerprint density at radius 3 is 2.65 bits per heavy atom. The summed E-state index contributed by atoms with van der Waals surface area (Å²) >= 11 is 0. The fraction of sp³-hybridized carbons (Fsp3) is 0.304. The van der Waals surface area contributed by atoms with Gasteiger partial charge in [-0.15, -0.1) is 0 Å². The Kier molecular flexibility index (Phi) is 4.56. The highest BCUT2D eigenvalue weighted by Crippen LogP contribution is 2.29. The minimum atomic E-state index is 0.400. The molecule has 1 atom stereocenters. The lowest BCUT2D eigenvalue weighted by Gasteiger charge is -2.41. The number of nitrogens with zero attached hydrogens (tertiary/aromatic N) is 2. The summed E-state index contributed by atoms with van der Waals surface area (Å²) in [6.07, 6.45) is 0. The first kappa shape index (κ1) is 16.9. The van der Waals surface area contributed by atoms with Gasteiger partial charge in [-0.2, -0.15) is 0 Å². The van der Waals surface area contributed by atoms with Crippen molar-refractivity contribution in [2.24, 2.45) is 0 Å². The van der Waals surface area contributed by atoms with Gasteiger partial charge in [-0.1, -0.05) is 42.5 Å². The van der Waals surface area contributed by atoms with Crippen LogP contribution < -0.4 is 4.90 Å². The zero-order valence-corrected chi connectivity index (χ0v) is 15.5. The quantitative estimate of drug-likeness (QED) is 0.753. The Labute approximate surface area is 155 Å². The standard InChI is InChI=1S/C23H26N2O/c1-17-6-5-8-20(14-17)25-13-12-24(15-18(25)2)16-22-21-9-4-3-7-19(21)10-11-23(22)26/h3-11,14,18,26H,12-13,15-16H2,1-2H3/t18-/m1/s1. The second-order valence-electron chi connectivity index (χ2n) is 7.40. The maximum absolute atomic E-state index is 10.4. The molecule has 0 radical (unpaired) electrons. The fourth-order valence-corrected chi connectivity index (χ4v) is 4.08. The number of phenols is 1. The molecule has 0 aliphatic carbocycles. The number of aryl methyl sites for hydroxylation is 1. The van der Waals surface area contributed by atoms with Crippen LogP contribution in [0.4, 0.5) is 5.69 Å². The van der Waals surface area contributed by atoms with Gasteiger partial charge in [-0.25, -0.2) is 0 Å². The lowest BCUT2D eigenvalue weighted by atomic mass is 10.0. The summed E-state index contributed by atoms with van der Waals surface area (Å²) in [6, 6.07) is 21.3. The first-order chi connectivity index (χ1) is 12.6. The van der Waals surface area contributed by atoms with Crippen molar-refractivity contribution in [1.82, 2.24) is 4.90 Å². The lowest BCUT2D eigenvalue weighted by Crippen LogP contribution is -2.51. The normalized spacial score (nSPS) is 18.4. The molecule has 0 unspecified atom stereocenters. The van der Waals surface area contributed by atoms with Crippen LogP contribution in [0.5, 0.6) is 5.75 Å². The van der Waals surface area contributed by atoms with E-state index in [2.05, 4.69) is 60.0 Å². The predicted molar refractivity (Wildman–Crippen MR) is 109 cm³/mol. The van der Waals surface area contributed by atoms with E-state index in [1.54, 1.807) is 0 Å². The Balaban J connectivity index is 1.53. The molecule has 1 N–H and O–H groups in total. The Morgan fingerprint density at radius 1 is 1.00 bits per heavy atom. The van der Waals surface area contributed by atoms with Gasteiger partial charge in [0.1, 0.15) is 5.75 Å². The molecule has 3 aromatic rings. The van der Waals surface area contributed by atoms with E-state index in [0.29, 0.717) is 11.8 Å². The number of aromatic hydroxyl groups is 1. The van der Waals surface area contributed by atoms with Crippen LogP contribution >= 0.6 is 0 Å². The van der Waals surface area contributed by atoms with Crippen LogP contribution in [-0.2, 0) is 6.54 Å². The minimum Gasteiger partial charge on any atom is -0.508 e. The van der Waals surface area contributed by atoms with Crippen molar-refractivity contribution >= 4 is 16.5 Å². The van der Waals surface area contributed by atoms with Gasteiger partial charge < -0.3 is 10.0 Å². The smallest absolute Gasteiger partial charge is 0.120 e. The van der Waals surface area contributed by atoms with Crippen molar-refractivity contribution < 1.29 is 5.11 Å². The third-order valence-electron chi connectivity index (χ3n) is 5.44. The Bertz CT molecular complexity index is 921. The van der Waals surface area contributed by atoms with Gasteiger partial charge in [0, 0.05) is 43.5 Å². The van der Waals surface area contributed by atoms with Crippen LogP contribution in [0.3, 0.4) is 0 Å². The van der Waals surface area contributed by atoms with Gasteiger partial charge in [0.05, 0.1) is 0 Å². The molecule has 1 aliphatic rings. The van der Waals surface area contributed by atoms with Crippen molar-refractivity contribution in [1.29, 1.82) is 0 Å². The summed E-state index contributed by atoms with van der Waals surface area (Å²) in [5.74, 6) is 0.400. The van der Waals surface area contributed by atoms with Gasteiger partial charge in [-0.05, 0) is 48.4 Å². The first-order valence-electron chi connectivity index (χ1n) is 9.37. The maximum atomic E-state index is 10.4. The topological polar surface area (TPSA) is 26.7 Å². The van der Waals surface area contributed by atoms with Crippen LogP contribution in [-0.4, -0.2) is 35.7 Å². The average molecular weight is 346 g/mol. The van der Waals surface area contributed by atoms with Crippen LogP contribution in [0, 0.1) is 6.92 Å². The van der Waals surface area contributed by atoms with Gasteiger partial charge in [0.25, 0.3) is 0 Å². The molecule has 1 fully saturated rings. The second kappa shape index (κ2) is 7.00. The van der Waals surface area contributed by atoms with E-state index in [-0.39, 0.29) is 0 Å². The first-order valence-corrected chi connectivity index (χ1v) is 9.37. The van der Waals surface area contributed by atoms with Crippen molar-refractivity contribution in [2.75, 3.05) is 24.5 Å². The monoisotopic (exact) mass is 346 g/mol. The molecule has 0 bridgehead atoms. The van der Waals surface area contributed by atoms with Gasteiger partial charge >= 0.3 is 0 Å². The van der Waals surface area contributed by atoms with Gasteiger partial charge in [0.2, 0.25) is 0 Å². The largest absolute Gasteiger partial charge is 0.508 e. The molecular weight excluding hydrogens is 320 g/mol. The number of hydrogen-bond acceptors (Lipinski definition) is 3. The predicted octanol–water partition coefficient (Wildman–Crippen LogP) is 4.56. The fourth-order valence-electron chi connectivity index (χ4n) is 4.08. The summed E-state index contributed by atoms with van der Waals surface area (Å²) in [5.41, 5.74) is 3.65. The van der Waals surface area contributed by atoms with Crippen molar-refractivity contribution in [2.45, 2.75) is 26.4 Å². The van der Waals surface area contributed by atoms with E-state index in [1.807, 2.05) is 24.3 Å². The summed E-state index contributed by atoms with van der Waals surface area (Å²) in [6.45, 7) is 8.23. The Morgan fingerprint density at radius 2 is 1.85 bits per heavy atom. The SMILES string of the molecule is Cc1cccc(N2CCN(Cc3c(O)ccc4ccccc34)C[C@H]2C)c1. The molecule has 3 nitrogen and oxygen atoms in total.